The van der Waals surface area contributed by atoms with Gasteiger partial charge in [-0.15, -0.1) is 0 Å². The highest BCUT2D eigenvalue weighted by atomic mass is 32.2. The third-order valence-electron chi connectivity index (χ3n) is 2.61. The summed E-state index contributed by atoms with van der Waals surface area (Å²) in [7, 11) is -3.95. The van der Waals surface area contributed by atoms with Gasteiger partial charge >= 0.3 is 0 Å². The van der Waals surface area contributed by atoms with Crippen molar-refractivity contribution in [1.82, 2.24) is 4.72 Å². The molecule has 0 fully saturated rings. The topological polar surface area (TPSA) is 55.4 Å². The largest absolute Gasteiger partial charge is 0.489 e. The third-order valence-corrected chi connectivity index (χ3v) is 4.11. The summed E-state index contributed by atoms with van der Waals surface area (Å²) < 4.78 is 57.7. The first kappa shape index (κ1) is 15.4. The van der Waals surface area contributed by atoms with Gasteiger partial charge in [-0.1, -0.05) is 24.3 Å². The van der Waals surface area contributed by atoms with Crippen LogP contribution in [0.15, 0.2) is 53.4 Å². The van der Waals surface area contributed by atoms with Crippen molar-refractivity contribution in [3.8, 4) is 5.75 Å². The molecule has 0 aliphatic heterocycles. The van der Waals surface area contributed by atoms with Crippen molar-refractivity contribution in [3.63, 3.8) is 0 Å². The van der Waals surface area contributed by atoms with Crippen LogP contribution in [0.25, 0.3) is 0 Å². The second-order valence-corrected chi connectivity index (χ2v) is 5.84. The van der Waals surface area contributed by atoms with E-state index < -0.39 is 26.6 Å². The molecule has 0 atom stereocenters. The second-order valence-electron chi connectivity index (χ2n) is 4.11. The Hall–Kier alpha value is -1.99. The van der Waals surface area contributed by atoms with Crippen LogP contribution in [0.2, 0.25) is 0 Å². The number of halogens is 2. The zero-order valence-electron chi connectivity index (χ0n) is 10.9. The summed E-state index contributed by atoms with van der Waals surface area (Å²) in [6.45, 7) is -0.181. The van der Waals surface area contributed by atoms with Crippen LogP contribution in [0, 0.1) is 11.6 Å². The predicted octanol–water partition coefficient (Wildman–Crippen LogP) is 2.32. The SMILES string of the molecule is O=S(=O)(NCCOc1ccccc1F)c1ccccc1F. The number of nitrogens with one attached hydrogen (secondary N) is 1. The minimum atomic E-state index is -3.95. The average molecular weight is 313 g/mol. The summed E-state index contributed by atoms with van der Waals surface area (Å²) >= 11 is 0. The molecule has 4 nitrogen and oxygen atoms in total. The van der Waals surface area contributed by atoms with Crippen molar-refractivity contribution < 1.29 is 21.9 Å². The van der Waals surface area contributed by atoms with Crippen LogP contribution < -0.4 is 9.46 Å². The highest BCUT2D eigenvalue weighted by Gasteiger charge is 2.17. The van der Waals surface area contributed by atoms with Gasteiger partial charge in [0, 0.05) is 6.54 Å². The van der Waals surface area contributed by atoms with Gasteiger partial charge in [0.2, 0.25) is 10.0 Å². The van der Waals surface area contributed by atoms with E-state index in [1.165, 1.54) is 30.3 Å². The summed E-state index contributed by atoms with van der Waals surface area (Å²) in [4.78, 5) is -0.434. The molecule has 0 aromatic heterocycles. The zero-order chi connectivity index (χ0) is 15.3. The lowest BCUT2D eigenvalue weighted by molar-refractivity contribution is 0.306. The quantitative estimate of drug-likeness (QED) is 0.833. The van der Waals surface area contributed by atoms with Gasteiger partial charge in [0.1, 0.15) is 17.3 Å². The summed E-state index contributed by atoms with van der Waals surface area (Å²) in [5, 5.41) is 0. The molecule has 0 amide bonds. The van der Waals surface area contributed by atoms with Crippen LogP contribution in [0.4, 0.5) is 8.78 Å². The Morgan fingerprint density at radius 1 is 0.952 bits per heavy atom. The first-order valence-electron chi connectivity index (χ1n) is 6.12. The van der Waals surface area contributed by atoms with Gasteiger partial charge in [-0.05, 0) is 24.3 Å². The maximum absolute atomic E-state index is 13.4. The predicted molar refractivity (Wildman–Crippen MR) is 73.5 cm³/mol. The molecule has 112 valence electrons. The van der Waals surface area contributed by atoms with Crippen LogP contribution in [0.3, 0.4) is 0 Å². The molecular weight excluding hydrogens is 300 g/mol. The average Bonchev–Trinajstić information content (AvgIpc) is 2.45. The molecule has 0 saturated carbocycles. The summed E-state index contributed by atoms with van der Waals surface area (Å²) in [6, 6.07) is 10.8. The molecule has 2 rings (SSSR count). The van der Waals surface area contributed by atoms with Crippen molar-refractivity contribution in [3.05, 3.63) is 60.2 Å². The molecule has 0 radical (unpaired) electrons. The van der Waals surface area contributed by atoms with Gasteiger partial charge in [0.15, 0.2) is 11.6 Å². The number of para-hydroxylation sites is 1. The number of hydrogen-bond acceptors (Lipinski definition) is 3. The van der Waals surface area contributed by atoms with E-state index in [2.05, 4.69) is 4.72 Å². The zero-order valence-corrected chi connectivity index (χ0v) is 11.7. The Balaban J connectivity index is 1.92. The van der Waals surface area contributed by atoms with E-state index in [9.17, 15) is 17.2 Å². The van der Waals surface area contributed by atoms with Crippen LogP contribution in [0.5, 0.6) is 5.75 Å². The van der Waals surface area contributed by atoms with Gasteiger partial charge in [0.05, 0.1) is 0 Å². The lowest BCUT2D eigenvalue weighted by Gasteiger charge is -2.09. The summed E-state index contributed by atoms with van der Waals surface area (Å²) in [5.74, 6) is -1.34. The number of ether oxygens (including phenoxy) is 1. The fourth-order valence-corrected chi connectivity index (χ4v) is 2.73. The molecule has 7 heteroatoms. The number of sulfonamides is 1. The van der Waals surface area contributed by atoms with Crippen LogP contribution in [0.1, 0.15) is 0 Å². The molecule has 2 aromatic carbocycles. The monoisotopic (exact) mass is 313 g/mol. The Labute approximate surface area is 121 Å². The first-order valence-corrected chi connectivity index (χ1v) is 7.60. The van der Waals surface area contributed by atoms with Crippen molar-refractivity contribution in [1.29, 1.82) is 0 Å². The van der Waals surface area contributed by atoms with Crippen molar-refractivity contribution in [2.24, 2.45) is 0 Å². The van der Waals surface area contributed by atoms with Crippen LogP contribution in [-0.2, 0) is 10.0 Å². The Morgan fingerprint density at radius 2 is 1.57 bits per heavy atom. The maximum atomic E-state index is 13.4. The molecule has 0 aliphatic rings. The van der Waals surface area contributed by atoms with Gasteiger partial charge < -0.3 is 4.74 Å². The molecule has 1 N–H and O–H groups in total. The number of benzene rings is 2. The van der Waals surface area contributed by atoms with Crippen LogP contribution >= 0.6 is 0 Å². The van der Waals surface area contributed by atoms with E-state index in [0.717, 1.165) is 12.1 Å². The smallest absolute Gasteiger partial charge is 0.243 e. The van der Waals surface area contributed by atoms with Gasteiger partial charge in [-0.25, -0.2) is 21.9 Å². The van der Waals surface area contributed by atoms with Gasteiger partial charge in [-0.2, -0.15) is 0 Å². The first-order chi connectivity index (χ1) is 10.0. The second kappa shape index (κ2) is 6.64. The Kier molecular flexibility index (Phi) is 4.87. The minimum Gasteiger partial charge on any atom is -0.489 e. The third kappa shape index (κ3) is 3.99. The summed E-state index contributed by atoms with van der Waals surface area (Å²) in [6.07, 6.45) is 0. The Morgan fingerprint density at radius 3 is 2.24 bits per heavy atom. The molecule has 21 heavy (non-hydrogen) atoms. The highest BCUT2D eigenvalue weighted by Crippen LogP contribution is 2.15. The van der Waals surface area contributed by atoms with E-state index in [0.29, 0.717) is 0 Å². The molecule has 0 heterocycles. The maximum Gasteiger partial charge on any atom is 0.243 e. The molecule has 0 spiro atoms. The molecule has 0 unspecified atom stereocenters. The van der Waals surface area contributed by atoms with E-state index in [1.54, 1.807) is 6.07 Å². The minimum absolute atomic E-state index is 0.0302. The fourth-order valence-electron chi connectivity index (χ4n) is 1.64. The molecule has 0 bridgehead atoms. The molecule has 0 aliphatic carbocycles. The van der Waals surface area contributed by atoms with E-state index in [4.69, 9.17) is 4.74 Å². The number of rotatable bonds is 6. The lowest BCUT2D eigenvalue weighted by atomic mass is 10.3. The van der Waals surface area contributed by atoms with E-state index in [-0.39, 0.29) is 18.9 Å². The molecule has 0 saturated heterocycles. The van der Waals surface area contributed by atoms with Crippen molar-refractivity contribution in [2.45, 2.75) is 4.90 Å². The Bertz CT molecular complexity index is 720. The lowest BCUT2D eigenvalue weighted by Crippen LogP contribution is -2.29. The van der Waals surface area contributed by atoms with Crippen LogP contribution in [-0.4, -0.2) is 21.6 Å². The number of hydrogen-bond donors (Lipinski definition) is 1. The molecule has 2 aromatic rings. The summed E-state index contributed by atoms with van der Waals surface area (Å²) in [5.41, 5.74) is 0. The van der Waals surface area contributed by atoms with Gasteiger partial charge in [-0.3, -0.25) is 0 Å². The van der Waals surface area contributed by atoms with E-state index in [1.807, 2.05) is 0 Å². The van der Waals surface area contributed by atoms with E-state index >= 15 is 0 Å². The fraction of sp³-hybridized carbons (Fsp3) is 0.143. The van der Waals surface area contributed by atoms with Crippen molar-refractivity contribution >= 4 is 10.0 Å². The van der Waals surface area contributed by atoms with Crippen molar-refractivity contribution in [2.75, 3.05) is 13.2 Å². The normalized spacial score (nSPS) is 11.3. The molecular formula is C14H13F2NO3S. The standard InChI is InChI=1S/C14H13F2NO3S/c15-11-5-1-3-7-13(11)20-10-9-17-21(18,19)14-8-4-2-6-12(14)16/h1-8,17H,9-10H2. The van der Waals surface area contributed by atoms with Gasteiger partial charge in [0.25, 0.3) is 0 Å². The highest BCUT2D eigenvalue weighted by molar-refractivity contribution is 7.89.